The molecule has 1 aliphatic carbocycles. The van der Waals surface area contributed by atoms with Gasteiger partial charge in [-0.15, -0.1) is 0 Å². The van der Waals surface area contributed by atoms with Crippen LogP contribution in [0.1, 0.15) is 39.0 Å². The Balaban J connectivity index is 1.90. The van der Waals surface area contributed by atoms with Gasteiger partial charge in [-0.1, -0.05) is 19.8 Å². The van der Waals surface area contributed by atoms with Crippen molar-refractivity contribution in [2.75, 3.05) is 20.1 Å². The molecule has 1 saturated carbocycles. The van der Waals surface area contributed by atoms with Gasteiger partial charge < -0.3 is 16.0 Å². The molecule has 0 radical (unpaired) electrons. The zero-order chi connectivity index (χ0) is 12.5. The molecule has 4 heteroatoms. The van der Waals surface area contributed by atoms with Gasteiger partial charge in [0.15, 0.2) is 0 Å². The molecule has 0 aromatic carbocycles. The molecule has 0 aromatic rings. The van der Waals surface area contributed by atoms with Crippen LogP contribution in [0.25, 0.3) is 0 Å². The molecule has 0 aromatic heterocycles. The summed E-state index contributed by atoms with van der Waals surface area (Å²) < 4.78 is 0. The SMILES string of the molecule is CC1CN(C)CCC1NC(=O)C1(N)CCCC1. The number of hydrogen-bond donors (Lipinski definition) is 2. The van der Waals surface area contributed by atoms with E-state index >= 15 is 0 Å². The average Bonchev–Trinajstić information content (AvgIpc) is 2.71. The lowest BCUT2D eigenvalue weighted by molar-refractivity contribution is -0.127. The van der Waals surface area contributed by atoms with Crippen molar-refractivity contribution >= 4 is 5.91 Å². The Bertz CT molecular complexity index is 286. The van der Waals surface area contributed by atoms with Crippen LogP contribution in [-0.4, -0.2) is 42.5 Å². The molecule has 0 bridgehead atoms. The molecule has 1 saturated heterocycles. The van der Waals surface area contributed by atoms with Gasteiger partial charge in [-0.25, -0.2) is 0 Å². The first kappa shape index (κ1) is 12.8. The lowest BCUT2D eigenvalue weighted by Crippen LogP contribution is -2.57. The molecule has 2 rings (SSSR count). The average molecular weight is 239 g/mol. The predicted octanol–water partition coefficient (Wildman–Crippen LogP) is 0.714. The summed E-state index contributed by atoms with van der Waals surface area (Å²) >= 11 is 0. The summed E-state index contributed by atoms with van der Waals surface area (Å²) in [6.07, 6.45) is 4.92. The van der Waals surface area contributed by atoms with E-state index in [4.69, 9.17) is 5.73 Å². The Morgan fingerprint density at radius 1 is 1.41 bits per heavy atom. The van der Waals surface area contributed by atoms with Crippen molar-refractivity contribution in [3.63, 3.8) is 0 Å². The summed E-state index contributed by atoms with van der Waals surface area (Å²) in [6.45, 7) is 4.33. The second-order valence-corrected chi connectivity index (χ2v) is 5.97. The van der Waals surface area contributed by atoms with Gasteiger partial charge in [-0.05, 0) is 38.8 Å². The Morgan fingerprint density at radius 3 is 2.65 bits per heavy atom. The quantitative estimate of drug-likeness (QED) is 0.746. The third-order valence-electron chi connectivity index (χ3n) is 4.37. The predicted molar refractivity (Wildman–Crippen MR) is 68.6 cm³/mol. The van der Waals surface area contributed by atoms with E-state index in [1.54, 1.807) is 0 Å². The fraction of sp³-hybridized carbons (Fsp3) is 0.923. The molecule has 3 N–H and O–H groups in total. The number of amides is 1. The minimum absolute atomic E-state index is 0.0800. The lowest BCUT2D eigenvalue weighted by Gasteiger charge is -2.37. The summed E-state index contributed by atoms with van der Waals surface area (Å²) in [4.78, 5) is 14.5. The van der Waals surface area contributed by atoms with Crippen molar-refractivity contribution in [3.8, 4) is 0 Å². The van der Waals surface area contributed by atoms with Gasteiger partial charge in [0.1, 0.15) is 0 Å². The van der Waals surface area contributed by atoms with Crippen LogP contribution in [0.4, 0.5) is 0 Å². The number of nitrogens with one attached hydrogen (secondary N) is 1. The van der Waals surface area contributed by atoms with Crippen molar-refractivity contribution in [1.82, 2.24) is 10.2 Å². The highest BCUT2D eigenvalue weighted by Crippen LogP contribution is 2.28. The molecule has 1 amide bonds. The molecule has 2 fully saturated rings. The zero-order valence-corrected chi connectivity index (χ0v) is 11.0. The van der Waals surface area contributed by atoms with Crippen LogP contribution in [0.3, 0.4) is 0 Å². The second-order valence-electron chi connectivity index (χ2n) is 5.97. The highest BCUT2D eigenvalue weighted by molar-refractivity contribution is 5.86. The van der Waals surface area contributed by atoms with Crippen LogP contribution in [-0.2, 0) is 4.79 Å². The summed E-state index contributed by atoms with van der Waals surface area (Å²) in [7, 11) is 2.13. The van der Waals surface area contributed by atoms with Gasteiger partial charge in [0.05, 0.1) is 5.54 Å². The largest absolute Gasteiger partial charge is 0.351 e. The topological polar surface area (TPSA) is 58.4 Å². The first-order valence-electron chi connectivity index (χ1n) is 6.80. The van der Waals surface area contributed by atoms with E-state index in [1.807, 2.05) is 0 Å². The number of piperidine rings is 1. The molecule has 2 atom stereocenters. The molecule has 0 spiro atoms. The highest BCUT2D eigenvalue weighted by Gasteiger charge is 2.38. The third-order valence-corrected chi connectivity index (χ3v) is 4.37. The van der Waals surface area contributed by atoms with Gasteiger partial charge in [-0.3, -0.25) is 4.79 Å². The Hall–Kier alpha value is -0.610. The van der Waals surface area contributed by atoms with Crippen LogP contribution in [0.2, 0.25) is 0 Å². The van der Waals surface area contributed by atoms with Gasteiger partial charge in [0.25, 0.3) is 0 Å². The fourth-order valence-electron chi connectivity index (χ4n) is 3.11. The van der Waals surface area contributed by atoms with Crippen molar-refractivity contribution in [2.45, 2.75) is 50.6 Å². The number of carbonyl (C=O) groups is 1. The maximum absolute atomic E-state index is 12.2. The van der Waals surface area contributed by atoms with Crippen molar-refractivity contribution in [3.05, 3.63) is 0 Å². The lowest BCUT2D eigenvalue weighted by atomic mass is 9.91. The maximum atomic E-state index is 12.2. The first-order valence-corrected chi connectivity index (χ1v) is 6.80. The van der Waals surface area contributed by atoms with Gasteiger partial charge in [0, 0.05) is 12.6 Å². The molecule has 2 unspecified atom stereocenters. The summed E-state index contributed by atoms with van der Waals surface area (Å²) in [6, 6.07) is 0.305. The molecule has 17 heavy (non-hydrogen) atoms. The van der Waals surface area contributed by atoms with Crippen LogP contribution in [0.5, 0.6) is 0 Å². The fourth-order valence-corrected chi connectivity index (χ4v) is 3.11. The summed E-state index contributed by atoms with van der Waals surface area (Å²) in [5.41, 5.74) is 5.59. The van der Waals surface area contributed by atoms with E-state index in [-0.39, 0.29) is 5.91 Å². The summed E-state index contributed by atoms with van der Waals surface area (Å²) in [5.74, 6) is 0.596. The van der Waals surface area contributed by atoms with E-state index in [0.29, 0.717) is 12.0 Å². The standard InChI is InChI=1S/C13H25N3O/c1-10-9-16(2)8-5-11(10)15-12(17)13(14)6-3-4-7-13/h10-11H,3-9,14H2,1-2H3,(H,15,17). The smallest absolute Gasteiger partial charge is 0.240 e. The second kappa shape index (κ2) is 4.94. The van der Waals surface area contributed by atoms with E-state index in [9.17, 15) is 4.79 Å². The van der Waals surface area contributed by atoms with Crippen molar-refractivity contribution in [2.24, 2.45) is 11.7 Å². The molecule has 1 heterocycles. The van der Waals surface area contributed by atoms with Crippen LogP contribution in [0, 0.1) is 5.92 Å². The first-order chi connectivity index (χ1) is 8.01. The molecular weight excluding hydrogens is 214 g/mol. The van der Waals surface area contributed by atoms with Crippen LogP contribution < -0.4 is 11.1 Å². The van der Waals surface area contributed by atoms with Gasteiger partial charge >= 0.3 is 0 Å². The van der Waals surface area contributed by atoms with E-state index in [1.165, 1.54) is 0 Å². The van der Waals surface area contributed by atoms with E-state index < -0.39 is 5.54 Å². The molecule has 1 aliphatic heterocycles. The molecular formula is C13H25N3O. The third kappa shape index (κ3) is 2.80. The molecule has 2 aliphatic rings. The normalized spacial score (nSPS) is 33.6. The molecule has 4 nitrogen and oxygen atoms in total. The van der Waals surface area contributed by atoms with E-state index in [0.717, 1.165) is 45.2 Å². The maximum Gasteiger partial charge on any atom is 0.240 e. The number of hydrogen-bond acceptors (Lipinski definition) is 3. The van der Waals surface area contributed by atoms with Crippen molar-refractivity contribution < 1.29 is 4.79 Å². The van der Waals surface area contributed by atoms with Crippen LogP contribution >= 0.6 is 0 Å². The zero-order valence-electron chi connectivity index (χ0n) is 11.0. The number of likely N-dealkylation sites (tertiary alicyclic amines) is 1. The Labute approximate surface area is 104 Å². The number of rotatable bonds is 2. The van der Waals surface area contributed by atoms with E-state index in [2.05, 4.69) is 24.2 Å². The number of nitrogens with zero attached hydrogens (tertiary/aromatic N) is 1. The number of carbonyl (C=O) groups excluding carboxylic acids is 1. The Kier molecular flexibility index (Phi) is 3.73. The monoisotopic (exact) mass is 239 g/mol. The van der Waals surface area contributed by atoms with Gasteiger partial charge in [-0.2, -0.15) is 0 Å². The van der Waals surface area contributed by atoms with Crippen LogP contribution in [0.15, 0.2) is 0 Å². The number of nitrogens with two attached hydrogens (primary N) is 1. The minimum atomic E-state index is -0.580. The Morgan fingerprint density at radius 2 is 2.06 bits per heavy atom. The summed E-state index contributed by atoms with van der Waals surface area (Å²) in [5, 5.41) is 3.18. The minimum Gasteiger partial charge on any atom is -0.351 e. The van der Waals surface area contributed by atoms with Gasteiger partial charge in [0.2, 0.25) is 5.91 Å². The highest BCUT2D eigenvalue weighted by atomic mass is 16.2. The van der Waals surface area contributed by atoms with Crippen molar-refractivity contribution in [1.29, 1.82) is 0 Å². The molecule has 98 valence electrons.